The van der Waals surface area contributed by atoms with Gasteiger partial charge in [-0.3, -0.25) is 9.59 Å². The Kier molecular flexibility index (Phi) is 13.1. The van der Waals surface area contributed by atoms with E-state index in [1.54, 1.807) is 12.1 Å². The molecule has 0 saturated heterocycles. The SMILES string of the molecule is COc1cc(C[C@@H](Nc2cccc(-c3ccccc3)c2)C(=O)N[C@H](C(=O)N[C@H](CC(C)C)B(O)O)C(C)C)cc(OC)c1OC. The number of nitrogens with one attached hydrogen (secondary N) is 3. The zero-order valence-electron chi connectivity index (χ0n) is 27.2. The van der Waals surface area contributed by atoms with Crippen LogP contribution < -0.4 is 30.2 Å². The molecule has 0 aliphatic carbocycles. The Labute approximate surface area is 266 Å². The summed E-state index contributed by atoms with van der Waals surface area (Å²) in [6.07, 6.45) is 0.584. The summed E-state index contributed by atoms with van der Waals surface area (Å²) in [7, 11) is 2.85. The van der Waals surface area contributed by atoms with Crippen LogP contribution in [0.25, 0.3) is 11.1 Å². The highest BCUT2D eigenvalue weighted by molar-refractivity contribution is 6.43. The van der Waals surface area contributed by atoms with Gasteiger partial charge in [0.1, 0.15) is 12.1 Å². The molecule has 3 atom stereocenters. The van der Waals surface area contributed by atoms with Crippen molar-refractivity contribution < 1.29 is 33.8 Å². The number of hydrogen-bond acceptors (Lipinski definition) is 8. The van der Waals surface area contributed by atoms with Crippen molar-refractivity contribution >= 4 is 24.6 Å². The Morgan fingerprint density at radius 2 is 1.40 bits per heavy atom. The number of anilines is 1. The van der Waals surface area contributed by atoms with Crippen LogP contribution in [0, 0.1) is 11.8 Å². The van der Waals surface area contributed by atoms with Crippen molar-refractivity contribution in [2.24, 2.45) is 11.8 Å². The fourth-order valence-corrected chi connectivity index (χ4v) is 5.14. The number of rotatable bonds is 16. The maximum absolute atomic E-state index is 14.0. The van der Waals surface area contributed by atoms with E-state index in [0.29, 0.717) is 23.7 Å². The summed E-state index contributed by atoms with van der Waals surface area (Å²) in [5, 5.41) is 28.8. The summed E-state index contributed by atoms with van der Waals surface area (Å²) >= 11 is 0. The minimum absolute atomic E-state index is 0.114. The fraction of sp³-hybridized carbons (Fsp3) is 0.412. The van der Waals surface area contributed by atoms with Crippen molar-refractivity contribution in [3.05, 3.63) is 72.3 Å². The molecule has 3 aromatic rings. The lowest BCUT2D eigenvalue weighted by Crippen LogP contribution is -2.57. The van der Waals surface area contributed by atoms with Crippen LogP contribution in [0.1, 0.15) is 39.7 Å². The minimum atomic E-state index is -1.73. The molecule has 0 aromatic heterocycles. The molecule has 242 valence electrons. The van der Waals surface area contributed by atoms with Gasteiger partial charge >= 0.3 is 7.12 Å². The number of hydrogen-bond donors (Lipinski definition) is 5. The first-order valence-electron chi connectivity index (χ1n) is 15.1. The topological polar surface area (TPSA) is 138 Å². The molecule has 0 radical (unpaired) electrons. The second kappa shape index (κ2) is 16.7. The summed E-state index contributed by atoms with van der Waals surface area (Å²) < 4.78 is 16.5. The molecule has 0 spiro atoms. The van der Waals surface area contributed by atoms with Crippen LogP contribution >= 0.6 is 0 Å². The molecule has 0 aliphatic rings. The number of carbonyl (C=O) groups excluding carboxylic acids is 2. The van der Waals surface area contributed by atoms with E-state index in [4.69, 9.17) is 14.2 Å². The largest absolute Gasteiger partial charge is 0.493 e. The maximum Gasteiger partial charge on any atom is 0.475 e. The van der Waals surface area contributed by atoms with Crippen molar-refractivity contribution in [2.45, 2.75) is 58.6 Å². The zero-order chi connectivity index (χ0) is 33.1. The zero-order valence-corrected chi connectivity index (χ0v) is 27.2. The molecule has 10 nitrogen and oxygen atoms in total. The van der Waals surface area contributed by atoms with E-state index in [1.807, 2.05) is 82.3 Å². The third-order valence-electron chi connectivity index (χ3n) is 7.45. The van der Waals surface area contributed by atoms with Gasteiger partial charge in [-0.15, -0.1) is 0 Å². The molecule has 0 bridgehead atoms. The van der Waals surface area contributed by atoms with Crippen molar-refractivity contribution in [3.63, 3.8) is 0 Å². The van der Waals surface area contributed by atoms with Gasteiger partial charge in [0.25, 0.3) is 0 Å². The molecule has 3 rings (SSSR count). The number of carbonyl (C=O) groups is 2. The van der Waals surface area contributed by atoms with E-state index in [2.05, 4.69) is 16.0 Å². The Morgan fingerprint density at radius 3 is 1.93 bits per heavy atom. The highest BCUT2D eigenvalue weighted by Gasteiger charge is 2.33. The molecular formula is C34H46BN3O7. The van der Waals surface area contributed by atoms with Gasteiger partial charge in [-0.1, -0.05) is 70.2 Å². The second-order valence-corrected chi connectivity index (χ2v) is 11.8. The molecule has 2 amide bonds. The standard InChI is InChI=1S/C34H46BN3O7/c1-21(2)16-30(35(41)42)37-34(40)31(22(3)4)38-33(39)27(17-23-18-28(43-5)32(45-7)29(19-23)44-6)36-26-15-11-14-25(20-26)24-12-9-8-10-13-24/h8-15,18-22,27,30-31,36,41-42H,16-17H2,1-7H3,(H,37,40)(H,38,39)/t27-,30-,31+/m1/s1. The molecule has 0 heterocycles. The maximum atomic E-state index is 14.0. The summed E-state index contributed by atoms with van der Waals surface area (Å²) in [6.45, 7) is 7.50. The molecular weight excluding hydrogens is 573 g/mol. The molecule has 0 unspecified atom stereocenters. The first-order valence-corrected chi connectivity index (χ1v) is 15.1. The fourth-order valence-electron chi connectivity index (χ4n) is 5.14. The summed E-state index contributed by atoms with van der Waals surface area (Å²) in [4.78, 5) is 27.4. The molecule has 45 heavy (non-hydrogen) atoms. The van der Waals surface area contributed by atoms with E-state index in [9.17, 15) is 19.6 Å². The second-order valence-electron chi connectivity index (χ2n) is 11.8. The number of benzene rings is 3. The molecule has 3 aromatic carbocycles. The van der Waals surface area contributed by atoms with Gasteiger partial charge in [0.2, 0.25) is 17.6 Å². The van der Waals surface area contributed by atoms with Crippen molar-refractivity contribution in [1.82, 2.24) is 10.6 Å². The van der Waals surface area contributed by atoms with Crippen molar-refractivity contribution in [2.75, 3.05) is 26.6 Å². The number of ether oxygens (including phenoxy) is 3. The monoisotopic (exact) mass is 619 g/mol. The smallest absolute Gasteiger partial charge is 0.475 e. The molecule has 0 saturated carbocycles. The van der Waals surface area contributed by atoms with Crippen LogP contribution in [0.2, 0.25) is 0 Å². The van der Waals surface area contributed by atoms with Gasteiger partial charge in [-0.05, 0) is 59.2 Å². The van der Waals surface area contributed by atoms with Gasteiger partial charge in [-0.25, -0.2) is 0 Å². The average molecular weight is 620 g/mol. The highest BCUT2D eigenvalue weighted by atomic mass is 16.5. The lowest BCUT2D eigenvalue weighted by molar-refractivity contribution is -0.130. The third kappa shape index (κ3) is 9.89. The highest BCUT2D eigenvalue weighted by Crippen LogP contribution is 2.38. The predicted octanol–water partition coefficient (Wildman–Crippen LogP) is 4.09. The summed E-state index contributed by atoms with van der Waals surface area (Å²) in [5.74, 6) is -0.597. The quantitative estimate of drug-likeness (QED) is 0.151. The normalized spacial score (nSPS) is 13.0. The molecule has 5 N–H and O–H groups in total. The van der Waals surface area contributed by atoms with Crippen LogP contribution in [0.5, 0.6) is 17.2 Å². The van der Waals surface area contributed by atoms with Crippen LogP contribution in [-0.4, -0.2) is 68.3 Å². The number of methoxy groups -OCH3 is 3. The first-order chi connectivity index (χ1) is 21.5. The van der Waals surface area contributed by atoms with Crippen LogP contribution in [0.3, 0.4) is 0 Å². The third-order valence-corrected chi connectivity index (χ3v) is 7.45. The van der Waals surface area contributed by atoms with E-state index < -0.39 is 37.0 Å². The van der Waals surface area contributed by atoms with Gasteiger partial charge in [0.05, 0.1) is 27.3 Å². The molecule has 0 aliphatic heterocycles. The van der Waals surface area contributed by atoms with Gasteiger partial charge in [0.15, 0.2) is 11.5 Å². The van der Waals surface area contributed by atoms with E-state index in [1.165, 1.54) is 21.3 Å². The van der Waals surface area contributed by atoms with Gasteiger partial charge < -0.3 is 40.2 Å². The Morgan fingerprint density at radius 1 is 0.778 bits per heavy atom. The Bertz CT molecular complexity index is 1380. The summed E-state index contributed by atoms with van der Waals surface area (Å²) in [6, 6.07) is 19.5. The molecule has 11 heteroatoms. The Hall–Kier alpha value is -4.22. The van der Waals surface area contributed by atoms with Crippen molar-refractivity contribution in [3.8, 4) is 28.4 Å². The van der Waals surface area contributed by atoms with Crippen LogP contribution in [-0.2, 0) is 16.0 Å². The van der Waals surface area contributed by atoms with Gasteiger partial charge in [-0.2, -0.15) is 0 Å². The average Bonchev–Trinajstić information content (AvgIpc) is 3.02. The van der Waals surface area contributed by atoms with Crippen LogP contribution in [0.4, 0.5) is 5.69 Å². The lowest BCUT2D eigenvalue weighted by Gasteiger charge is -2.28. The first kappa shape index (κ1) is 35.3. The van der Waals surface area contributed by atoms with E-state index in [0.717, 1.165) is 22.4 Å². The number of amides is 2. The van der Waals surface area contributed by atoms with Crippen LogP contribution in [0.15, 0.2) is 66.7 Å². The predicted molar refractivity (Wildman–Crippen MR) is 177 cm³/mol. The summed E-state index contributed by atoms with van der Waals surface area (Å²) in [5.41, 5.74) is 3.47. The van der Waals surface area contributed by atoms with E-state index >= 15 is 0 Å². The van der Waals surface area contributed by atoms with E-state index in [-0.39, 0.29) is 18.3 Å². The minimum Gasteiger partial charge on any atom is -0.493 e. The lowest BCUT2D eigenvalue weighted by atomic mass is 9.75. The molecule has 0 fully saturated rings. The Balaban J connectivity index is 1.95. The van der Waals surface area contributed by atoms with Gasteiger partial charge in [0, 0.05) is 12.1 Å². The van der Waals surface area contributed by atoms with Crippen molar-refractivity contribution in [1.29, 1.82) is 0 Å².